The number of hydrogen-bond donors (Lipinski definition) is 1. The van der Waals surface area contributed by atoms with Crippen LogP contribution >= 0.6 is 23.4 Å². The standard InChI is InChI=1S/C13H16ClN3OS/c14-10-1-2-11-12(9-10)16-13(15-11)19-8-5-17-3-6-18-7-4-17/h1-2,9H,3-8H2,(H,15,16). The first kappa shape index (κ1) is 13.2. The quantitative estimate of drug-likeness (QED) is 0.881. The maximum Gasteiger partial charge on any atom is 0.166 e. The fraction of sp³-hybridized carbons (Fsp3) is 0.462. The molecule has 0 unspecified atom stereocenters. The largest absolute Gasteiger partial charge is 0.379 e. The molecular weight excluding hydrogens is 282 g/mol. The number of fused-ring (bicyclic) bond motifs is 1. The molecule has 19 heavy (non-hydrogen) atoms. The number of thioether (sulfide) groups is 1. The smallest absolute Gasteiger partial charge is 0.166 e. The highest BCUT2D eigenvalue weighted by molar-refractivity contribution is 7.99. The van der Waals surface area contributed by atoms with Crippen molar-refractivity contribution in [3.8, 4) is 0 Å². The third-order valence-corrected chi connectivity index (χ3v) is 4.26. The van der Waals surface area contributed by atoms with Crippen LogP contribution in [0, 0.1) is 0 Å². The number of morpholine rings is 1. The molecule has 6 heteroatoms. The van der Waals surface area contributed by atoms with Crippen molar-refractivity contribution in [2.24, 2.45) is 0 Å². The molecule has 1 aliphatic rings. The van der Waals surface area contributed by atoms with Crippen LogP contribution in [-0.4, -0.2) is 53.5 Å². The predicted molar refractivity (Wildman–Crippen MR) is 79.1 cm³/mol. The fourth-order valence-electron chi connectivity index (χ4n) is 2.12. The summed E-state index contributed by atoms with van der Waals surface area (Å²) in [6.45, 7) is 4.86. The van der Waals surface area contributed by atoms with Gasteiger partial charge in [-0.3, -0.25) is 4.90 Å². The van der Waals surface area contributed by atoms with Gasteiger partial charge in [0.2, 0.25) is 0 Å². The normalized spacial score (nSPS) is 17.1. The molecule has 1 aromatic heterocycles. The van der Waals surface area contributed by atoms with Gasteiger partial charge in [0.15, 0.2) is 5.16 Å². The molecule has 0 spiro atoms. The van der Waals surface area contributed by atoms with Crippen LogP contribution < -0.4 is 0 Å². The average Bonchev–Trinajstić information content (AvgIpc) is 2.82. The lowest BCUT2D eigenvalue weighted by atomic mass is 10.3. The van der Waals surface area contributed by atoms with Gasteiger partial charge < -0.3 is 9.72 Å². The molecule has 102 valence electrons. The number of nitrogens with zero attached hydrogens (tertiary/aromatic N) is 2. The summed E-state index contributed by atoms with van der Waals surface area (Å²) in [7, 11) is 0. The molecular formula is C13H16ClN3OS. The highest BCUT2D eigenvalue weighted by atomic mass is 35.5. The zero-order valence-corrected chi connectivity index (χ0v) is 12.1. The number of rotatable bonds is 4. The summed E-state index contributed by atoms with van der Waals surface area (Å²) in [5.41, 5.74) is 1.97. The highest BCUT2D eigenvalue weighted by Crippen LogP contribution is 2.22. The third-order valence-electron chi connectivity index (χ3n) is 3.17. The van der Waals surface area contributed by atoms with E-state index in [1.165, 1.54) is 0 Å². The van der Waals surface area contributed by atoms with Crippen LogP contribution in [0.15, 0.2) is 23.4 Å². The minimum Gasteiger partial charge on any atom is -0.379 e. The molecule has 1 aromatic carbocycles. The van der Waals surface area contributed by atoms with Crippen LogP contribution in [0.5, 0.6) is 0 Å². The van der Waals surface area contributed by atoms with Gasteiger partial charge in [0.1, 0.15) is 0 Å². The zero-order chi connectivity index (χ0) is 13.1. The Morgan fingerprint density at radius 3 is 3.05 bits per heavy atom. The Bertz CT molecular complexity index is 554. The Morgan fingerprint density at radius 1 is 1.37 bits per heavy atom. The Morgan fingerprint density at radius 2 is 2.21 bits per heavy atom. The molecule has 0 radical (unpaired) electrons. The molecule has 1 N–H and O–H groups in total. The van der Waals surface area contributed by atoms with Crippen LogP contribution in [-0.2, 0) is 4.74 Å². The van der Waals surface area contributed by atoms with Crippen molar-refractivity contribution in [3.63, 3.8) is 0 Å². The van der Waals surface area contributed by atoms with Crippen molar-refractivity contribution in [1.29, 1.82) is 0 Å². The first-order valence-electron chi connectivity index (χ1n) is 6.39. The topological polar surface area (TPSA) is 41.2 Å². The van der Waals surface area contributed by atoms with E-state index in [2.05, 4.69) is 14.9 Å². The van der Waals surface area contributed by atoms with Gasteiger partial charge in [-0.25, -0.2) is 4.98 Å². The highest BCUT2D eigenvalue weighted by Gasteiger charge is 2.10. The molecule has 0 saturated carbocycles. The van der Waals surface area contributed by atoms with Crippen LogP contribution in [0.3, 0.4) is 0 Å². The van der Waals surface area contributed by atoms with E-state index in [1.54, 1.807) is 11.8 Å². The molecule has 2 heterocycles. The minimum absolute atomic E-state index is 0.737. The molecule has 0 amide bonds. The monoisotopic (exact) mass is 297 g/mol. The van der Waals surface area contributed by atoms with Crippen molar-refractivity contribution < 1.29 is 4.74 Å². The van der Waals surface area contributed by atoms with E-state index in [1.807, 2.05) is 18.2 Å². The molecule has 4 nitrogen and oxygen atoms in total. The van der Waals surface area contributed by atoms with E-state index in [-0.39, 0.29) is 0 Å². The summed E-state index contributed by atoms with van der Waals surface area (Å²) in [4.78, 5) is 10.3. The Hall–Kier alpha value is -0.750. The number of aromatic amines is 1. The molecule has 1 fully saturated rings. The van der Waals surface area contributed by atoms with Gasteiger partial charge in [-0.1, -0.05) is 23.4 Å². The van der Waals surface area contributed by atoms with Crippen molar-refractivity contribution >= 4 is 34.4 Å². The Kier molecular flexibility index (Phi) is 4.28. The second-order valence-corrected chi connectivity index (χ2v) is 6.03. The molecule has 0 bridgehead atoms. The van der Waals surface area contributed by atoms with Gasteiger partial charge in [0.25, 0.3) is 0 Å². The van der Waals surface area contributed by atoms with Gasteiger partial charge in [-0.2, -0.15) is 0 Å². The first-order valence-corrected chi connectivity index (χ1v) is 7.76. The van der Waals surface area contributed by atoms with E-state index in [0.717, 1.165) is 59.8 Å². The number of halogens is 1. The van der Waals surface area contributed by atoms with Gasteiger partial charge in [-0.15, -0.1) is 0 Å². The summed E-state index contributed by atoms with van der Waals surface area (Å²) in [5.74, 6) is 1.04. The fourth-order valence-corrected chi connectivity index (χ4v) is 3.18. The van der Waals surface area contributed by atoms with Crippen LogP contribution in [0.4, 0.5) is 0 Å². The molecule has 0 atom stereocenters. The zero-order valence-electron chi connectivity index (χ0n) is 10.6. The van der Waals surface area contributed by atoms with E-state index < -0.39 is 0 Å². The van der Waals surface area contributed by atoms with Crippen LogP contribution in [0.1, 0.15) is 0 Å². The number of hydrogen-bond acceptors (Lipinski definition) is 4. The Labute approximate surface area is 121 Å². The third kappa shape index (κ3) is 3.42. The number of H-pyrrole nitrogens is 1. The van der Waals surface area contributed by atoms with E-state index in [9.17, 15) is 0 Å². The number of ether oxygens (including phenoxy) is 1. The summed E-state index contributed by atoms with van der Waals surface area (Å²) >= 11 is 7.71. The van der Waals surface area contributed by atoms with Crippen LogP contribution in [0.25, 0.3) is 11.0 Å². The van der Waals surface area contributed by atoms with Gasteiger partial charge >= 0.3 is 0 Å². The van der Waals surface area contributed by atoms with E-state index in [4.69, 9.17) is 16.3 Å². The maximum atomic E-state index is 5.96. The van der Waals surface area contributed by atoms with Gasteiger partial charge in [0.05, 0.1) is 24.2 Å². The molecule has 2 aromatic rings. The summed E-state index contributed by atoms with van der Waals surface area (Å²) in [6, 6.07) is 5.73. The second kappa shape index (κ2) is 6.13. The number of nitrogens with one attached hydrogen (secondary N) is 1. The van der Waals surface area contributed by atoms with Crippen molar-refractivity contribution in [3.05, 3.63) is 23.2 Å². The van der Waals surface area contributed by atoms with E-state index in [0.29, 0.717) is 0 Å². The Balaban J connectivity index is 1.56. The minimum atomic E-state index is 0.737. The lowest BCUT2D eigenvalue weighted by Crippen LogP contribution is -2.37. The average molecular weight is 298 g/mol. The van der Waals surface area contributed by atoms with Crippen molar-refractivity contribution in [2.75, 3.05) is 38.6 Å². The molecule has 1 saturated heterocycles. The lowest BCUT2D eigenvalue weighted by molar-refractivity contribution is 0.0410. The number of imidazole rings is 1. The van der Waals surface area contributed by atoms with Crippen LogP contribution in [0.2, 0.25) is 5.02 Å². The molecule has 0 aliphatic carbocycles. The lowest BCUT2D eigenvalue weighted by Gasteiger charge is -2.26. The summed E-state index contributed by atoms with van der Waals surface area (Å²) < 4.78 is 5.34. The summed E-state index contributed by atoms with van der Waals surface area (Å²) in [6.07, 6.45) is 0. The summed E-state index contributed by atoms with van der Waals surface area (Å²) in [5, 5.41) is 1.70. The molecule has 3 rings (SSSR count). The second-order valence-electron chi connectivity index (χ2n) is 4.51. The molecule has 1 aliphatic heterocycles. The van der Waals surface area contributed by atoms with Crippen molar-refractivity contribution in [2.45, 2.75) is 5.16 Å². The predicted octanol–water partition coefficient (Wildman–Crippen LogP) is 2.64. The van der Waals surface area contributed by atoms with E-state index >= 15 is 0 Å². The maximum absolute atomic E-state index is 5.96. The SMILES string of the molecule is Clc1ccc2nc(SCCN3CCOCC3)[nH]c2c1. The first-order chi connectivity index (χ1) is 9.31. The van der Waals surface area contributed by atoms with Crippen molar-refractivity contribution in [1.82, 2.24) is 14.9 Å². The van der Waals surface area contributed by atoms with Gasteiger partial charge in [-0.05, 0) is 18.2 Å². The number of aromatic nitrogens is 2. The number of benzene rings is 1. The van der Waals surface area contributed by atoms with Gasteiger partial charge in [0, 0.05) is 30.4 Å².